The number of methoxy groups -OCH3 is 1. The van der Waals surface area contributed by atoms with Crippen LogP contribution < -0.4 is 21.7 Å². The number of anilines is 1. The van der Waals surface area contributed by atoms with E-state index in [-0.39, 0.29) is 40.2 Å². The number of nitrogens with two attached hydrogens (primary N) is 1. The van der Waals surface area contributed by atoms with Crippen LogP contribution in [-0.2, 0) is 23.1 Å². The average Bonchev–Trinajstić information content (AvgIpc) is 3.67. The van der Waals surface area contributed by atoms with E-state index < -0.39 is 21.3 Å². The van der Waals surface area contributed by atoms with Crippen molar-refractivity contribution in [3.05, 3.63) is 43.5 Å². The highest BCUT2D eigenvalue weighted by molar-refractivity contribution is 9.10. The number of nitrogen functional groups attached to an aromatic ring is 1. The molecule has 2 aliphatic carbocycles. The van der Waals surface area contributed by atoms with Crippen LogP contribution in [0.1, 0.15) is 25.7 Å². The minimum absolute atomic E-state index is 0.00557. The van der Waals surface area contributed by atoms with E-state index in [1.54, 1.807) is 6.07 Å². The van der Waals surface area contributed by atoms with Gasteiger partial charge in [0.2, 0.25) is 5.95 Å². The lowest BCUT2D eigenvalue weighted by atomic mass is 10.3. The van der Waals surface area contributed by atoms with Crippen LogP contribution in [0, 0.1) is 11.8 Å². The number of halogens is 1. The standard InChI is InChI=1S/C20H22BrN5O5S/c1-31-14-7-6-13(21)8-15(14)32(29,30)26-16-17(23-19(26)22)24(9-11-2-3-11)20(28)25(18(16)27)10-12-4-5-12/h6-8,11-12H,2-5,9-10H2,1H3,(H2,22,23). The number of rotatable bonds is 7. The summed E-state index contributed by atoms with van der Waals surface area (Å²) in [6.07, 6.45) is 3.81. The number of fused-ring (bicyclic) bond motifs is 1. The molecule has 0 bridgehead atoms. The highest BCUT2D eigenvalue weighted by atomic mass is 79.9. The second-order valence-electron chi connectivity index (χ2n) is 8.40. The van der Waals surface area contributed by atoms with Crippen molar-refractivity contribution in [2.45, 2.75) is 43.7 Å². The van der Waals surface area contributed by atoms with E-state index in [2.05, 4.69) is 20.9 Å². The van der Waals surface area contributed by atoms with Gasteiger partial charge in [-0.3, -0.25) is 13.9 Å². The van der Waals surface area contributed by atoms with Gasteiger partial charge in [0.25, 0.3) is 15.6 Å². The summed E-state index contributed by atoms with van der Waals surface area (Å²) in [4.78, 5) is 30.6. The van der Waals surface area contributed by atoms with Gasteiger partial charge in [-0.1, -0.05) is 15.9 Å². The van der Waals surface area contributed by atoms with Gasteiger partial charge in [-0.2, -0.15) is 8.96 Å². The fourth-order valence-corrected chi connectivity index (χ4v) is 5.95. The van der Waals surface area contributed by atoms with E-state index in [1.807, 2.05) is 0 Å². The second-order valence-corrected chi connectivity index (χ2v) is 11.1. The first-order chi connectivity index (χ1) is 15.2. The zero-order valence-corrected chi connectivity index (χ0v) is 19.7. The second kappa shape index (κ2) is 7.48. The van der Waals surface area contributed by atoms with Crippen LogP contribution in [0.2, 0.25) is 0 Å². The van der Waals surface area contributed by atoms with Gasteiger partial charge in [0.15, 0.2) is 11.2 Å². The number of imidazole rings is 1. The monoisotopic (exact) mass is 523 g/mol. The fraction of sp³-hybridized carbons (Fsp3) is 0.450. The molecular formula is C20H22BrN5O5S. The van der Waals surface area contributed by atoms with E-state index in [0.29, 0.717) is 16.9 Å². The normalized spacial score (nSPS) is 16.6. The lowest BCUT2D eigenvalue weighted by Gasteiger charge is -2.14. The molecule has 2 aromatic heterocycles. The molecule has 2 saturated carbocycles. The molecule has 5 rings (SSSR count). The third-order valence-corrected chi connectivity index (χ3v) is 8.15. The molecule has 10 nitrogen and oxygen atoms in total. The van der Waals surface area contributed by atoms with E-state index in [0.717, 1.165) is 34.2 Å². The van der Waals surface area contributed by atoms with Crippen molar-refractivity contribution in [1.29, 1.82) is 0 Å². The van der Waals surface area contributed by atoms with Gasteiger partial charge in [-0.15, -0.1) is 0 Å². The van der Waals surface area contributed by atoms with Gasteiger partial charge in [0.1, 0.15) is 10.6 Å². The highest BCUT2D eigenvalue weighted by Crippen LogP contribution is 2.34. The van der Waals surface area contributed by atoms with Gasteiger partial charge in [-0.05, 0) is 55.7 Å². The van der Waals surface area contributed by atoms with Crippen molar-refractivity contribution >= 4 is 43.1 Å². The summed E-state index contributed by atoms with van der Waals surface area (Å²) < 4.78 is 36.4. The Morgan fingerprint density at radius 3 is 2.34 bits per heavy atom. The molecule has 2 fully saturated rings. The quantitative estimate of drug-likeness (QED) is 0.499. The van der Waals surface area contributed by atoms with Crippen LogP contribution in [0.25, 0.3) is 11.2 Å². The smallest absolute Gasteiger partial charge is 0.332 e. The van der Waals surface area contributed by atoms with Gasteiger partial charge in [-0.25, -0.2) is 13.2 Å². The molecule has 32 heavy (non-hydrogen) atoms. The fourth-order valence-electron chi connectivity index (χ4n) is 3.87. The number of ether oxygens (including phenoxy) is 1. The minimum Gasteiger partial charge on any atom is -0.495 e. The molecule has 0 aliphatic heterocycles. The van der Waals surface area contributed by atoms with Crippen LogP contribution >= 0.6 is 15.9 Å². The summed E-state index contributed by atoms with van der Waals surface area (Å²) in [5.41, 5.74) is 4.67. The maximum atomic E-state index is 13.7. The number of nitrogens with zero attached hydrogens (tertiary/aromatic N) is 4. The molecule has 2 N–H and O–H groups in total. The zero-order chi connectivity index (χ0) is 22.8. The molecule has 3 aromatic rings. The Morgan fingerprint density at radius 1 is 1.12 bits per heavy atom. The van der Waals surface area contributed by atoms with Gasteiger partial charge >= 0.3 is 5.69 Å². The van der Waals surface area contributed by atoms with Crippen LogP contribution in [0.5, 0.6) is 5.75 Å². The molecule has 2 aliphatic rings. The van der Waals surface area contributed by atoms with Crippen molar-refractivity contribution in [1.82, 2.24) is 18.1 Å². The Bertz CT molecular complexity index is 1460. The van der Waals surface area contributed by atoms with Gasteiger partial charge in [0, 0.05) is 17.6 Å². The van der Waals surface area contributed by atoms with Crippen LogP contribution in [0.3, 0.4) is 0 Å². The van der Waals surface area contributed by atoms with Crippen LogP contribution in [0.4, 0.5) is 5.95 Å². The molecule has 0 spiro atoms. The Balaban J connectivity index is 1.83. The predicted molar refractivity (Wildman–Crippen MR) is 121 cm³/mol. The first-order valence-electron chi connectivity index (χ1n) is 10.3. The Morgan fingerprint density at radius 2 is 1.75 bits per heavy atom. The van der Waals surface area contributed by atoms with Crippen molar-refractivity contribution in [3.8, 4) is 5.75 Å². The average molecular weight is 524 g/mol. The SMILES string of the molecule is COc1ccc(Br)cc1S(=O)(=O)n1c(N)nc2c1c(=O)n(CC1CC1)c(=O)n2CC1CC1. The molecule has 1 aromatic carbocycles. The lowest BCUT2D eigenvalue weighted by Crippen LogP contribution is -2.41. The zero-order valence-electron chi connectivity index (χ0n) is 17.3. The Kier molecular flexibility index (Phi) is 4.97. The van der Waals surface area contributed by atoms with E-state index in [9.17, 15) is 18.0 Å². The van der Waals surface area contributed by atoms with Crippen molar-refractivity contribution in [3.63, 3.8) is 0 Å². The molecule has 0 atom stereocenters. The molecule has 0 saturated heterocycles. The van der Waals surface area contributed by atoms with Gasteiger partial charge in [0.05, 0.1) is 7.11 Å². The van der Waals surface area contributed by atoms with Crippen molar-refractivity contribution < 1.29 is 13.2 Å². The minimum atomic E-state index is -4.37. The molecular weight excluding hydrogens is 502 g/mol. The third-order valence-electron chi connectivity index (χ3n) is 5.93. The first kappa shape index (κ1) is 21.3. The third kappa shape index (κ3) is 3.45. The number of hydrogen-bond donors (Lipinski definition) is 1. The number of benzene rings is 1. The van der Waals surface area contributed by atoms with E-state index in [1.165, 1.54) is 23.8 Å². The Hall–Kier alpha value is -2.60. The first-order valence-corrected chi connectivity index (χ1v) is 12.6. The van der Waals surface area contributed by atoms with Crippen LogP contribution in [-0.4, -0.2) is 33.6 Å². The summed E-state index contributed by atoms with van der Waals surface area (Å²) in [6.45, 7) is 0.626. The molecule has 0 radical (unpaired) electrons. The summed E-state index contributed by atoms with van der Waals surface area (Å²) in [7, 11) is -3.01. The molecule has 170 valence electrons. The molecule has 0 amide bonds. The molecule has 12 heteroatoms. The summed E-state index contributed by atoms with van der Waals surface area (Å²) in [5.74, 6) is 0.255. The number of aromatic nitrogens is 4. The Labute approximate surface area is 191 Å². The lowest BCUT2D eigenvalue weighted by molar-refractivity contribution is 0.402. The summed E-state index contributed by atoms with van der Waals surface area (Å²) in [6, 6.07) is 4.52. The number of hydrogen-bond acceptors (Lipinski definition) is 7. The van der Waals surface area contributed by atoms with Gasteiger partial charge < -0.3 is 10.5 Å². The van der Waals surface area contributed by atoms with Crippen molar-refractivity contribution in [2.75, 3.05) is 12.8 Å². The van der Waals surface area contributed by atoms with E-state index in [4.69, 9.17) is 10.5 Å². The highest BCUT2D eigenvalue weighted by Gasteiger charge is 2.33. The van der Waals surface area contributed by atoms with E-state index >= 15 is 0 Å². The molecule has 2 heterocycles. The summed E-state index contributed by atoms with van der Waals surface area (Å²) in [5, 5.41) is 0. The molecule has 0 unspecified atom stereocenters. The van der Waals surface area contributed by atoms with Crippen LogP contribution in [0.15, 0.2) is 37.2 Å². The maximum Gasteiger partial charge on any atom is 0.332 e. The summed E-state index contributed by atoms with van der Waals surface area (Å²) >= 11 is 3.28. The predicted octanol–water partition coefficient (Wildman–Crippen LogP) is 1.77. The largest absolute Gasteiger partial charge is 0.495 e. The topological polar surface area (TPSA) is 131 Å². The maximum absolute atomic E-state index is 13.7. The van der Waals surface area contributed by atoms with Crippen molar-refractivity contribution in [2.24, 2.45) is 11.8 Å².